The molecule has 2 aliphatic rings. The summed E-state index contributed by atoms with van der Waals surface area (Å²) in [4.78, 5) is 28.7. The Kier molecular flexibility index (Phi) is 17.8. The minimum atomic E-state index is -1.24. The Morgan fingerprint density at radius 2 is 1.69 bits per heavy atom. The highest BCUT2D eigenvalue weighted by Gasteiger charge is 2.47. The summed E-state index contributed by atoms with van der Waals surface area (Å²) in [6.45, 7) is 16.7. The molecule has 0 amide bonds. The van der Waals surface area contributed by atoms with Crippen LogP contribution in [0.4, 0.5) is 0 Å². The SMILES string of the molecule is CC[C@H]1OC(=O)C[C@@H](O)[C@H](C)[C@@H](O[C@@H]2O[C@H](C)C(O)C(N(C)C)C2O)[C@@H](CCNCCn2cc(-c3cc(C)c(C)cc3C)nn2)C[C@@H](C)C(=O)/C=C/C(C)=C/[C@@H]1CO. The van der Waals surface area contributed by atoms with Crippen LogP contribution in [-0.4, -0.2) is 135 Å². The minimum absolute atomic E-state index is 0.0943. The fourth-order valence-corrected chi connectivity index (χ4v) is 8.23. The van der Waals surface area contributed by atoms with Crippen molar-refractivity contribution in [2.75, 3.05) is 33.8 Å². The maximum Gasteiger partial charge on any atom is 0.308 e. The molecule has 1 fully saturated rings. The van der Waals surface area contributed by atoms with Gasteiger partial charge < -0.3 is 44.9 Å². The van der Waals surface area contributed by atoms with Gasteiger partial charge in [-0.05, 0) is 109 Å². The number of hydrogen-bond donors (Lipinski definition) is 5. The first-order valence-corrected chi connectivity index (χ1v) is 20.9. The molecule has 0 aliphatic carbocycles. The van der Waals surface area contributed by atoms with Crippen LogP contribution in [0, 0.1) is 44.4 Å². The Balaban J connectivity index is 1.61. The van der Waals surface area contributed by atoms with E-state index in [1.807, 2.05) is 27.0 Å². The number of aliphatic hydroxyl groups excluding tert-OH is 4. The lowest BCUT2D eigenvalue weighted by molar-refractivity contribution is -0.304. The summed E-state index contributed by atoms with van der Waals surface area (Å²) >= 11 is 0. The Morgan fingerprint density at radius 3 is 2.36 bits per heavy atom. The zero-order valence-corrected chi connectivity index (χ0v) is 36.2. The van der Waals surface area contributed by atoms with Gasteiger partial charge in [0.2, 0.25) is 0 Å². The Labute approximate surface area is 344 Å². The van der Waals surface area contributed by atoms with Gasteiger partial charge in [0.1, 0.15) is 17.9 Å². The van der Waals surface area contributed by atoms with Crippen molar-refractivity contribution in [2.45, 2.75) is 137 Å². The van der Waals surface area contributed by atoms with Crippen molar-refractivity contribution >= 4 is 11.8 Å². The fraction of sp³-hybridized carbons (Fsp3) is 0.682. The maximum absolute atomic E-state index is 13.6. The van der Waals surface area contributed by atoms with Crippen molar-refractivity contribution in [3.05, 3.63) is 58.8 Å². The first kappa shape index (κ1) is 47.3. The quantitative estimate of drug-likeness (QED) is 0.155. The normalized spacial score (nSPS) is 33.5. The molecule has 14 heteroatoms. The van der Waals surface area contributed by atoms with E-state index in [0.717, 1.165) is 22.4 Å². The van der Waals surface area contributed by atoms with Crippen LogP contribution in [0.1, 0.15) is 77.0 Å². The van der Waals surface area contributed by atoms with Gasteiger partial charge in [-0.25, -0.2) is 0 Å². The minimum Gasteiger partial charge on any atom is -0.462 e. The molecule has 3 heterocycles. The average Bonchev–Trinajstić information content (AvgIpc) is 3.64. The molecule has 324 valence electrons. The van der Waals surface area contributed by atoms with E-state index in [9.17, 15) is 30.0 Å². The summed E-state index contributed by atoms with van der Waals surface area (Å²) in [7, 11) is 3.52. The van der Waals surface area contributed by atoms with Gasteiger partial charge in [-0.2, -0.15) is 0 Å². The lowest BCUT2D eigenvalue weighted by atomic mass is 9.79. The van der Waals surface area contributed by atoms with Gasteiger partial charge in [-0.15, -0.1) is 5.10 Å². The van der Waals surface area contributed by atoms with Crippen molar-refractivity contribution < 1.29 is 44.2 Å². The Bertz CT molecular complexity index is 1710. The second-order valence-corrected chi connectivity index (χ2v) is 16.9. The predicted octanol–water partition coefficient (Wildman–Crippen LogP) is 3.68. The summed E-state index contributed by atoms with van der Waals surface area (Å²) in [5, 5.41) is 56.6. The summed E-state index contributed by atoms with van der Waals surface area (Å²) in [5.41, 5.74) is 6.17. The highest BCUT2D eigenvalue weighted by molar-refractivity contribution is 5.91. The number of carbonyl (C=O) groups is 2. The number of aryl methyl sites for hydroxylation is 3. The van der Waals surface area contributed by atoms with Gasteiger partial charge in [0.15, 0.2) is 12.1 Å². The molecule has 2 aromatic rings. The van der Waals surface area contributed by atoms with E-state index in [4.69, 9.17) is 14.2 Å². The predicted molar refractivity (Wildman–Crippen MR) is 222 cm³/mol. The Morgan fingerprint density at radius 1 is 0.983 bits per heavy atom. The number of esters is 1. The van der Waals surface area contributed by atoms with Crippen molar-refractivity contribution in [3.63, 3.8) is 0 Å². The number of hydrogen-bond acceptors (Lipinski definition) is 13. The smallest absolute Gasteiger partial charge is 0.308 e. The lowest BCUT2D eigenvalue weighted by Gasteiger charge is -2.46. The number of aromatic nitrogens is 3. The molecular formula is C44H69N5O9. The average molecular weight is 812 g/mol. The number of carbonyl (C=O) groups excluding carboxylic acids is 2. The number of benzene rings is 1. The van der Waals surface area contributed by atoms with Crippen molar-refractivity contribution in [2.24, 2.45) is 23.7 Å². The number of rotatable bonds is 12. The standard InChI is InChI=1S/C44H69N5O9/c1-11-38-33(24-50)18-25(2)12-13-36(51)29(6)20-32(14-15-45-16-17-49-23-35(46-47-49)34-21-27(4)26(3)19-28(34)5)43(30(7)37(52)22-39(53)57-38)58-44-42(55)40(48(9)10)41(54)31(8)56-44/h12-13,18-19,21,23,29-33,37-38,40-45,50,52,54-55H,11,14-17,20,22,24H2,1-10H3/b13-12+,25-18+/t29-,30+,31-,32+,33-,37-,38-,40?,41?,42?,43-,44+/m1/s1. The summed E-state index contributed by atoms with van der Waals surface area (Å²) in [6.07, 6.45) is 1.27. The van der Waals surface area contributed by atoms with Crippen LogP contribution in [0.25, 0.3) is 11.3 Å². The molecule has 58 heavy (non-hydrogen) atoms. The molecule has 0 spiro atoms. The Hall–Kier alpha value is -3.34. The monoisotopic (exact) mass is 812 g/mol. The number of likely N-dealkylation sites (N-methyl/N-ethyl adjacent to an activating group) is 1. The fourth-order valence-electron chi connectivity index (χ4n) is 8.23. The molecule has 4 rings (SSSR count). The summed E-state index contributed by atoms with van der Waals surface area (Å²) in [6, 6.07) is 3.60. The first-order chi connectivity index (χ1) is 27.4. The third-order valence-electron chi connectivity index (χ3n) is 12.0. The van der Waals surface area contributed by atoms with Crippen molar-refractivity contribution in [1.82, 2.24) is 25.2 Å². The summed E-state index contributed by atoms with van der Waals surface area (Å²) in [5.74, 6) is -2.69. The third-order valence-corrected chi connectivity index (χ3v) is 12.0. The molecule has 5 N–H and O–H groups in total. The number of nitrogens with one attached hydrogen (secondary N) is 1. The number of ether oxygens (including phenoxy) is 3. The molecular weight excluding hydrogens is 743 g/mol. The molecule has 14 nitrogen and oxygen atoms in total. The van der Waals surface area contributed by atoms with E-state index >= 15 is 0 Å². The molecule has 2 aliphatic heterocycles. The van der Waals surface area contributed by atoms with Crippen LogP contribution < -0.4 is 5.32 Å². The lowest BCUT2D eigenvalue weighted by Crippen LogP contribution is -2.63. The van der Waals surface area contributed by atoms with E-state index in [1.165, 1.54) is 17.2 Å². The first-order valence-electron chi connectivity index (χ1n) is 20.9. The number of aliphatic hydroxyl groups is 4. The van der Waals surface area contributed by atoms with Crippen LogP contribution >= 0.6 is 0 Å². The molecule has 0 bridgehead atoms. The highest BCUT2D eigenvalue weighted by Crippen LogP contribution is 2.35. The number of ketones is 1. The molecule has 0 radical (unpaired) electrons. The van der Waals surface area contributed by atoms with Gasteiger partial charge in [0.05, 0.1) is 56.2 Å². The topological polar surface area (TPSA) is 189 Å². The van der Waals surface area contributed by atoms with Crippen molar-refractivity contribution in [1.29, 1.82) is 0 Å². The van der Waals surface area contributed by atoms with Crippen LogP contribution in [0.15, 0.2) is 42.1 Å². The van der Waals surface area contributed by atoms with Gasteiger partial charge >= 0.3 is 5.97 Å². The zero-order chi connectivity index (χ0) is 42.8. The van der Waals surface area contributed by atoms with Crippen LogP contribution in [0.3, 0.4) is 0 Å². The van der Waals surface area contributed by atoms with Crippen LogP contribution in [0.2, 0.25) is 0 Å². The zero-order valence-electron chi connectivity index (χ0n) is 36.2. The third kappa shape index (κ3) is 12.4. The highest BCUT2D eigenvalue weighted by atomic mass is 16.7. The number of allylic oxidation sites excluding steroid dienone is 3. The largest absolute Gasteiger partial charge is 0.462 e. The van der Waals surface area contributed by atoms with E-state index < -0.39 is 72.7 Å². The van der Waals surface area contributed by atoms with Gasteiger partial charge in [-0.1, -0.05) is 49.8 Å². The van der Waals surface area contributed by atoms with Crippen molar-refractivity contribution in [3.8, 4) is 11.3 Å². The van der Waals surface area contributed by atoms with Crippen LogP contribution in [0.5, 0.6) is 0 Å². The molecule has 1 aromatic heterocycles. The number of nitrogens with zero attached hydrogens (tertiary/aromatic N) is 4. The second-order valence-electron chi connectivity index (χ2n) is 16.9. The molecule has 1 saturated heterocycles. The molecule has 1 aromatic carbocycles. The maximum atomic E-state index is 13.6. The van der Waals surface area contributed by atoms with Crippen LogP contribution in [-0.2, 0) is 30.3 Å². The van der Waals surface area contributed by atoms with E-state index in [0.29, 0.717) is 38.9 Å². The van der Waals surface area contributed by atoms with E-state index in [2.05, 4.69) is 48.5 Å². The second kappa shape index (κ2) is 21.8. The van der Waals surface area contributed by atoms with Gasteiger partial charge in [0.25, 0.3) is 0 Å². The van der Waals surface area contributed by atoms with E-state index in [1.54, 1.807) is 49.7 Å². The van der Waals surface area contributed by atoms with Gasteiger partial charge in [0, 0.05) is 29.9 Å². The number of cyclic esters (lactones) is 1. The molecule has 0 saturated carbocycles. The van der Waals surface area contributed by atoms with E-state index in [-0.39, 0.29) is 24.7 Å². The van der Waals surface area contributed by atoms with Gasteiger partial charge in [-0.3, -0.25) is 14.3 Å². The summed E-state index contributed by atoms with van der Waals surface area (Å²) < 4.78 is 20.4. The molecule has 3 unspecified atom stereocenters. The molecule has 12 atom stereocenters.